The first-order valence-electron chi connectivity index (χ1n) is 10.2. The highest BCUT2D eigenvalue weighted by Gasteiger charge is 2.38. The van der Waals surface area contributed by atoms with Crippen LogP contribution in [0.1, 0.15) is 30.1 Å². The second kappa shape index (κ2) is 8.95. The SMILES string of the molecule is CC(NC(=O)OCc1ccccc1)C(=O)N1CCCC1C(=O)n1nnc2ccccc21. The predicted octanol–water partition coefficient (Wildman–Crippen LogP) is 2.38. The van der Waals surface area contributed by atoms with Gasteiger partial charge in [-0.05, 0) is 37.5 Å². The minimum absolute atomic E-state index is 0.109. The van der Waals surface area contributed by atoms with E-state index in [9.17, 15) is 14.4 Å². The molecule has 1 fully saturated rings. The third-order valence-electron chi connectivity index (χ3n) is 5.30. The van der Waals surface area contributed by atoms with Crippen molar-refractivity contribution in [3.63, 3.8) is 0 Å². The van der Waals surface area contributed by atoms with Crippen LogP contribution in [0.5, 0.6) is 0 Å². The molecule has 2 atom stereocenters. The Balaban J connectivity index is 1.39. The fraction of sp³-hybridized carbons (Fsp3) is 0.318. The first-order chi connectivity index (χ1) is 15.0. The first-order valence-corrected chi connectivity index (χ1v) is 10.2. The molecule has 0 bridgehead atoms. The zero-order valence-corrected chi connectivity index (χ0v) is 17.1. The number of hydrogen-bond acceptors (Lipinski definition) is 6. The Morgan fingerprint density at radius 1 is 1.13 bits per heavy atom. The van der Waals surface area contributed by atoms with Crippen molar-refractivity contribution in [2.24, 2.45) is 0 Å². The largest absolute Gasteiger partial charge is 0.445 e. The minimum Gasteiger partial charge on any atom is -0.445 e. The molecule has 3 aromatic rings. The fourth-order valence-corrected chi connectivity index (χ4v) is 3.71. The van der Waals surface area contributed by atoms with Crippen LogP contribution in [-0.4, -0.2) is 56.4 Å². The van der Waals surface area contributed by atoms with Gasteiger partial charge >= 0.3 is 6.09 Å². The van der Waals surface area contributed by atoms with Crippen molar-refractivity contribution in [2.45, 2.75) is 38.5 Å². The van der Waals surface area contributed by atoms with Crippen molar-refractivity contribution in [3.8, 4) is 0 Å². The molecule has 0 radical (unpaired) electrons. The van der Waals surface area contributed by atoms with E-state index in [1.165, 1.54) is 9.58 Å². The zero-order chi connectivity index (χ0) is 21.8. The maximum absolute atomic E-state index is 13.1. The highest BCUT2D eigenvalue weighted by molar-refractivity contribution is 5.96. The lowest BCUT2D eigenvalue weighted by Gasteiger charge is -2.26. The molecule has 9 heteroatoms. The molecule has 1 aliphatic rings. The summed E-state index contributed by atoms with van der Waals surface area (Å²) >= 11 is 0. The van der Waals surface area contributed by atoms with Gasteiger partial charge in [0.15, 0.2) is 0 Å². The molecule has 0 spiro atoms. The van der Waals surface area contributed by atoms with Gasteiger partial charge in [-0.1, -0.05) is 47.7 Å². The van der Waals surface area contributed by atoms with E-state index >= 15 is 0 Å². The molecular formula is C22H23N5O4. The second-order valence-electron chi connectivity index (χ2n) is 7.45. The van der Waals surface area contributed by atoms with Gasteiger partial charge in [0.2, 0.25) is 5.91 Å². The number of alkyl carbamates (subject to hydrolysis) is 1. The monoisotopic (exact) mass is 421 g/mol. The van der Waals surface area contributed by atoms with E-state index in [1.54, 1.807) is 25.1 Å². The molecule has 0 aliphatic carbocycles. The van der Waals surface area contributed by atoms with Crippen molar-refractivity contribution in [2.75, 3.05) is 6.54 Å². The molecule has 9 nitrogen and oxygen atoms in total. The number of para-hydroxylation sites is 1. The van der Waals surface area contributed by atoms with Gasteiger partial charge in [0.25, 0.3) is 5.91 Å². The van der Waals surface area contributed by atoms with E-state index in [0.29, 0.717) is 30.4 Å². The number of aromatic nitrogens is 3. The molecule has 31 heavy (non-hydrogen) atoms. The number of hydrogen-bond donors (Lipinski definition) is 1. The lowest BCUT2D eigenvalue weighted by Crippen LogP contribution is -2.51. The Kier molecular flexibility index (Phi) is 5.92. The number of ether oxygens (including phenoxy) is 1. The summed E-state index contributed by atoms with van der Waals surface area (Å²) < 4.78 is 6.43. The van der Waals surface area contributed by atoms with Crippen LogP contribution >= 0.6 is 0 Å². The summed E-state index contributed by atoms with van der Waals surface area (Å²) in [5.41, 5.74) is 2.06. The van der Waals surface area contributed by atoms with Crippen LogP contribution in [0.2, 0.25) is 0 Å². The molecular weight excluding hydrogens is 398 g/mol. The summed E-state index contributed by atoms with van der Waals surface area (Å²) in [6.07, 6.45) is 0.540. The quantitative estimate of drug-likeness (QED) is 0.678. The predicted molar refractivity (Wildman–Crippen MR) is 112 cm³/mol. The smallest absolute Gasteiger partial charge is 0.408 e. The number of carbonyl (C=O) groups is 3. The maximum atomic E-state index is 13.1. The van der Waals surface area contributed by atoms with Crippen LogP contribution in [0.3, 0.4) is 0 Å². The molecule has 1 aromatic heterocycles. The first kappa shape index (κ1) is 20.5. The van der Waals surface area contributed by atoms with Gasteiger partial charge in [-0.2, -0.15) is 4.68 Å². The number of nitrogens with one attached hydrogen (secondary N) is 1. The standard InChI is InChI=1S/C22H23N5O4/c1-15(23-22(30)31-14-16-8-3-2-4-9-16)20(28)26-13-7-12-19(26)21(29)27-18-11-6-5-10-17(18)24-25-27/h2-6,8-11,15,19H,7,12-14H2,1H3,(H,23,30). The topological polar surface area (TPSA) is 106 Å². The van der Waals surface area contributed by atoms with Crippen LogP contribution in [0.25, 0.3) is 11.0 Å². The summed E-state index contributed by atoms with van der Waals surface area (Å²) in [6.45, 7) is 2.13. The van der Waals surface area contributed by atoms with Gasteiger partial charge in [0.1, 0.15) is 24.2 Å². The van der Waals surface area contributed by atoms with E-state index in [4.69, 9.17) is 4.74 Å². The number of amides is 2. The van der Waals surface area contributed by atoms with E-state index in [0.717, 1.165) is 5.56 Å². The molecule has 1 N–H and O–H groups in total. The molecule has 1 aliphatic heterocycles. The van der Waals surface area contributed by atoms with Crippen LogP contribution in [0.4, 0.5) is 4.79 Å². The van der Waals surface area contributed by atoms with E-state index in [-0.39, 0.29) is 18.4 Å². The van der Waals surface area contributed by atoms with Gasteiger partial charge < -0.3 is 15.0 Å². The number of fused-ring (bicyclic) bond motifs is 1. The lowest BCUT2D eigenvalue weighted by molar-refractivity contribution is -0.133. The number of benzene rings is 2. The number of carbonyl (C=O) groups excluding carboxylic acids is 3. The van der Waals surface area contributed by atoms with Crippen LogP contribution in [0.15, 0.2) is 54.6 Å². The summed E-state index contributed by atoms with van der Waals surface area (Å²) in [4.78, 5) is 39.7. The fourth-order valence-electron chi connectivity index (χ4n) is 3.71. The molecule has 1 saturated heterocycles. The maximum Gasteiger partial charge on any atom is 0.408 e. The van der Waals surface area contributed by atoms with Gasteiger partial charge in [-0.15, -0.1) is 5.10 Å². The van der Waals surface area contributed by atoms with Crippen LogP contribution < -0.4 is 5.32 Å². The van der Waals surface area contributed by atoms with Crippen molar-refractivity contribution in [1.82, 2.24) is 25.2 Å². The Hall–Kier alpha value is -3.75. The van der Waals surface area contributed by atoms with E-state index in [2.05, 4.69) is 15.6 Å². The summed E-state index contributed by atoms with van der Waals surface area (Å²) in [5.74, 6) is -0.643. The van der Waals surface area contributed by atoms with Gasteiger partial charge in [-0.3, -0.25) is 9.59 Å². The normalized spacial score (nSPS) is 16.8. The van der Waals surface area contributed by atoms with Crippen molar-refractivity contribution in [3.05, 3.63) is 60.2 Å². The van der Waals surface area contributed by atoms with Crippen molar-refractivity contribution < 1.29 is 19.1 Å². The van der Waals surface area contributed by atoms with Crippen LogP contribution in [0, 0.1) is 0 Å². The zero-order valence-electron chi connectivity index (χ0n) is 17.1. The molecule has 2 heterocycles. The van der Waals surface area contributed by atoms with E-state index in [1.807, 2.05) is 36.4 Å². The van der Waals surface area contributed by atoms with Gasteiger partial charge in [0.05, 0.1) is 5.52 Å². The minimum atomic E-state index is -0.829. The number of likely N-dealkylation sites (tertiary alicyclic amines) is 1. The molecule has 2 aromatic carbocycles. The molecule has 2 amide bonds. The summed E-state index contributed by atoms with van der Waals surface area (Å²) in [5, 5.41) is 10.5. The highest BCUT2D eigenvalue weighted by Crippen LogP contribution is 2.21. The molecule has 4 rings (SSSR count). The second-order valence-corrected chi connectivity index (χ2v) is 7.45. The molecule has 0 saturated carbocycles. The Labute approximate surface area is 179 Å². The highest BCUT2D eigenvalue weighted by atomic mass is 16.5. The van der Waals surface area contributed by atoms with Crippen molar-refractivity contribution in [1.29, 1.82) is 0 Å². The summed E-state index contributed by atoms with van der Waals surface area (Å²) in [7, 11) is 0. The van der Waals surface area contributed by atoms with Gasteiger partial charge in [-0.25, -0.2) is 4.79 Å². The third-order valence-corrected chi connectivity index (χ3v) is 5.30. The Bertz CT molecular complexity index is 1100. The van der Waals surface area contributed by atoms with E-state index < -0.39 is 18.2 Å². The molecule has 2 unspecified atom stereocenters. The van der Waals surface area contributed by atoms with Crippen molar-refractivity contribution >= 4 is 28.9 Å². The van der Waals surface area contributed by atoms with Gasteiger partial charge in [0, 0.05) is 6.54 Å². The average Bonchev–Trinajstić information content (AvgIpc) is 3.45. The van der Waals surface area contributed by atoms with Crippen LogP contribution in [-0.2, 0) is 16.1 Å². The molecule has 160 valence electrons. The Morgan fingerprint density at radius 2 is 1.87 bits per heavy atom. The lowest BCUT2D eigenvalue weighted by atomic mass is 10.2. The third kappa shape index (κ3) is 4.40. The number of rotatable bonds is 5. The Morgan fingerprint density at radius 3 is 2.68 bits per heavy atom. The average molecular weight is 421 g/mol. The number of nitrogens with zero attached hydrogens (tertiary/aromatic N) is 4. The summed E-state index contributed by atoms with van der Waals surface area (Å²) in [6, 6.07) is 15.0.